The maximum atomic E-state index is 12.7. The number of hydrogen-bond acceptors (Lipinski definition) is 5. The summed E-state index contributed by atoms with van der Waals surface area (Å²) in [4.78, 5) is 25.4. The third-order valence-electron chi connectivity index (χ3n) is 5.48. The lowest BCUT2D eigenvalue weighted by Gasteiger charge is -2.15. The Kier molecular flexibility index (Phi) is 5.05. The summed E-state index contributed by atoms with van der Waals surface area (Å²) < 4.78 is 11.4. The molecule has 2 aliphatic carbocycles. The van der Waals surface area contributed by atoms with Gasteiger partial charge in [0.2, 0.25) is 0 Å². The van der Waals surface area contributed by atoms with E-state index in [0.29, 0.717) is 26.6 Å². The molecule has 4 rings (SSSR count). The molecule has 1 aromatic carbocycles. The van der Waals surface area contributed by atoms with Crippen LogP contribution in [0.3, 0.4) is 0 Å². The molecule has 1 saturated heterocycles. The minimum absolute atomic E-state index is 0.147. The number of hydrazone groups is 1. The number of imide groups is 1. The van der Waals surface area contributed by atoms with Crippen molar-refractivity contribution in [3.8, 4) is 11.5 Å². The van der Waals surface area contributed by atoms with Gasteiger partial charge in [-0.15, -0.1) is 0 Å². The molecule has 0 aromatic heterocycles. The number of methoxy groups -OCH3 is 1. The molecule has 6 nitrogen and oxygen atoms in total. The highest BCUT2D eigenvalue weighted by molar-refractivity contribution is 9.10. The molecule has 28 heavy (non-hydrogen) atoms. The molecule has 1 heterocycles. The number of nitrogens with zero attached hydrogens (tertiary/aromatic N) is 2. The van der Waals surface area contributed by atoms with Crippen molar-refractivity contribution in [3.05, 3.63) is 45.9 Å². The van der Waals surface area contributed by atoms with Gasteiger partial charge in [0.15, 0.2) is 11.5 Å². The number of halogens is 2. The first-order chi connectivity index (χ1) is 13.5. The molecule has 1 aliphatic heterocycles. The standard InChI is InChI=1S/C20H18BrClN2O4/c1-3-6-28-18-13(27-2)8-12(16(21)17(18)22)9-23-24-19(25)14-10-4-5-11(7-10)15(14)20(24)26/h3-5,8-11,14-15H,1,6-7H2,2H3/t10-,11-,14-,15+/m0/s1. The lowest BCUT2D eigenvalue weighted by molar-refractivity contribution is -0.140. The fraction of sp³-hybridized carbons (Fsp3) is 0.350. The van der Waals surface area contributed by atoms with E-state index in [0.717, 1.165) is 11.4 Å². The normalized spacial score (nSPS) is 27.8. The fourth-order valence-corrected chi connectivity index (χ4v) is 4.90. The van der Waals surface area contributed by atoms with Crippen LogP contribution < -0.4 is 9.47 Å². The van der Waals surface area contributed by atoms with Crippen LogP contribution >= 0.6 is 27.5 Å². The Morgan fingerprint density at radius 2 is 1.96 bits per heavy atom. The summed E-state index contributed by atoms with van der Waals surface area (Å²) in [6, 6.07) is 1.68. The summed E-state index contributed by atoms with van der Waals surface area (Å²) in [6.07, 6.45) is 8.01. The van der Waals surface area contributed by atoms with Crippen molar-refractivity contribution in [2.75, 3.05) is 13.7 Å². The smallest absolute Gasteiger partial charge is 0.254 e. The second-order valence-electron chi connectivity index (χ2n) is 6.96. The summed E-state index contributed by atoms with van der Waals surface area (Å²) >= 11 is 9.81. The second kappa shape index (κ2) is 7.37. The Labute approximate surface area is 175 Å². The van der Waals surface area contributed by atoms with E-state index in [4.69, 9.17) is 21.1 Å². The zero-order valence-electron chi connectivity index (χ0n) is 15.1. The van der Waals surface area contributed by atoms with Crippen LogP contribution in [0.25, 0.3) is 0 Å². The minimum atomic E-state index is -0.282. The predicted molar refractivity (Wildman–Crippen MR) is 109 cm³/mol. The van der Waals surface area contributed by atoms with Crippen molar-refractivity contribution in [1.82, 2.24) is 5.01 Å². The van der Waals surface area contributed by atoms with Crippen LogP contribution in [0.4, 0.5) is 0 Å². The van der Waals surface area contributed by atoms with Crippen molar-refractivity contribution >= 4 is 45.6 Å². The molecule has 0 N–H and O–H groups in total. The van der Waals surface area contributed by atoms with Crippen molar-refractivity contribution in [1.29, 1.82) is 0 Å². The first-order valence-electron chi connectivity index (χ1n) is 8.87. The van der Waals surface area contributed by atoms with Crippen molar-refractivity contribution < 1.29 is 19.1 Å². The number of hydrogen-bond donors (Lipinski definition) is 0. The Balaban J connectivity index is 1.62. The molecule has 8 heteroatoms. The maximum Gasteiger partial charge on any atom is 0.254 e. The topological polar surface area (TPSA) is 68.2 Å². The van der Waals surface area contributed by atoms with Gasteiger partial charge in [-0.2, -0.15) is 10.1 Å². The molecule has 2 fully saturated rings. The van der Waals surface area contributed by atoms with Crippen LogP contribution in [-0.4, -0.2) is 36.8 Å². The van der Waals surface area contributed by atoms with E-state index < -0.39 is 0 Å². The largest absolute Gasteiger partial charge is 0.493 e. The lowest BCUT2D eigenvalue weighted by Crippen LogP contribution is -2.28. The van der Waals surface area contributed by atoms with Gasteiger partial charge in [-0.05, 0) is 40.3 Å². The molecule has 0 spiro atoms. The average molecular weight is 466 g/mol. The second-order valence-corrected chi connectivity index (χ2v) is 8.13. The SMILES string of the molecule is C=CCOc1c(OC)cc(C=NN2C(=O)[C@@H]3[C@H](C2=O)[C@H]2C=C[C@H]3C2)c(Br)c1Cl. The van der Waals surface area contributed by atoms with Gasteiger partial charge in [0, 0.05) is 10.0 Å². The van der Waals surface area contributed by atoms with E-state index in [2.05, 4.69) is 27.6 Å². The van der Waals surface area contributed by atoms with Crippen molar-refractivity contribution in [3.63, 3.8) is 0 Å². The Bertz CT molecular complexity index is 899. The molecule has 1 saturated carbocycles. The van der Waals surface area contributed by atoms with Crippen LogP contribution in [0.15, 0.2) is 40.4 Å². The van der Waals surface area contributed by atoms with E-state index in [1.54, 1.807) is 12.1 Å². The zero-order valence-corrected chi connectivity index (χ0v) is 17.4. The quantitative estimate of drug-likeness (QED) is 0.364. The summed E-state index contributed by atoms with van der Waals surface area (Å²) in [5, 5.41) is 5.49. The first-order valence-corrected chi connectivity index (χ1v) is 10.0. The zero-order chi connectivity index (χ0) is 20.0. The molecule has 2 bridgehead atoms. The van der Waals surface area contributed by atoms with E-state index >= 15 is 0 Å². The Morgan fingerprint density at radius 3 is 2.54 bits per heavy atom. The highest BCUT2D eigenvalue weighted by Gasteiger charge is 2.59. The van der Waals surface area contributed by atoms with E-state index in [9.17, 15) is 9.59 Å². The molecule has 0 unspecified atom stereocenters. The van der Waals surface area contributed by atoms with E-state index in [1.807, 2.05) is 12.2 Å². The molecular weight excluding hydrogens is 448 g/mol. The molecule has 3 aliphatic rings. The van der Waals surface area contributed by atoms with Gasteiger partial charge in [0.1, 0.15) is 11.6 Å². The number of benzene rings is 1. The Hall–Kier alpha value is -2.12. The summed E-state index contributed by atoms with van der Waals surface area (Å²) in [5.41, 5.74) is 0.562. The van der Waals surface area contributed by atoms with E-state index in [1.165, 1.54) is 13.3 Å². The lowest BCUT2D eigenvalue weighted by atomic mass is 9.85. The van der Waals surface area contributed by atoms with Gasteiger partial charge in [0.25, 0.3) is 11.8 Å². The maximum absolute atomic E-state index is 12.7. The van der Waals surface area contributed by atoms with Crippen LogP contribution in [0, 0.1) is 23.7 Å². The number of fused-ring (bicyclic) bond motifs is 5. The van der Waals surface area contributed by atoms with Crippen LogP contribution in [0.2, 0.25) is 5.02 Å². The van der Waals surface area contributed by atoms with Crippen molar-refractivity contribution in [2.45, 2.75) is 6.42 Å². The van der Waals surface area contributed by atoms with Gasteiger partial charge >= 0.3 is 0 Å². The highest BCUT2D eigenvalue weighted by Crippen LogP contribution is 2.52. The predicted octanol–water partition coefficient (Wildman–Crippen LogP) is 3.82. The Morgan fingerprint density at radius 1 is 1.32 bits per heavy atom. The third kappa shape index (κ3) is 2.88. The number of ether oxygens (including phenoxy) is 2. The van der Waals surface area contributed by atoms with Crippen molar-refractivity contribution in [2.24, 2.45) is 28.8 Å². The third-order valence-corrected chi connectivity index (χ3v) is 6.92. The monoisotopic (exact) mass is 464 g/mol. The van der Waals surface area contributed by atoms with Gasteiger partial charge in [-0.3, -0.25) is 9.59 Å². The summed E-state index contributed by atoms with van der Waals surface area (Å²) in [6.45, 7) is 3.88. The van der Waals surface area contributed by atoms with Crippen LogP contribution in [0.1, 0.15) is 12.0 Å². The average Bonchev–Trinajstić information content (AvgIpc) is 3.37. The highest BCUT2D eigenvalue weighted by atomic mass is 79.9. The molecule has 4 atom stereocenters. The van der Waals surface area contributed by atoms with Gasteiger partial charge in [-0.25, -0.2) is 0 Å². The summed E-state index contributed by atoms with van der Waals surface area (Å²) in [7, 11) is 1.50. The first kappa shape index (κ1) is 19.2. The number of carbonyl (C=O) groups excluding carboxylic acids is 2. The van der Waals surface area contributed by atoms with Gasteiger partial charge in [-0.1, -0.05) is 36.4 Å². The summed E-state index contributed by atoms with van der Waals surface area (Å²) in [5.74, 6) is 0.0509. The molecular formula is C20H18BrClN2O4. The van der Waals surface area contributed by atoms with Crippen LogP contribution in [0.5, 0.6) is 11.5 Å². The molecule has 2 amide bonds. The van der Waals surface area contributed by atoms with Gasteiger partial charge in [0.05, 0.1) is 25.2 Å². The molecule has 1 aromatic rings. The molecule has 146 valence electrons. The molecule has 0 radical (unpaired) electrons. The fourth-order valence-electron chi connectivity index (χ4n) is 4.25. The number of amides is 2. The number of carbonyl (C=O) groups is 2. The number of rotatable bonds is 6. The van der Waals surface area contributed by atoms with E-state index in [-0.39, 0.29) is 42.1 Å². The number of allylic oxidation sites excluding steroid dienone is 2. The van der Waals surface area contributed by atoms with Gasteiger partial charge < -0.3 is 9.47 Å². The van der Waals surface area contributed by atoms with Crippen LogP contribution in [-0.2, 0) is 9.59 Å². The minimum Gasteiger partial charge on any atom is -0.493 e.